The number of pyridine rings is 1. The lowest BCUT2D eigenvalue weighted by atomic mass is 9.98. The van der Waals surface area contributed by atoms with Crippen LogP contribution in [0.4, 0.5) is 0 Å². The van der Waals surface area contributed by atoms with Crippen molar-refractivity contribution < 1.29 is 4.79 Å². The highest BCUT2D eigenvalue weighted by Crippen LogP contribution is 2.36. The fourth-order valence-corrected chi connectivity index (χ4v) is 5.63. The van der Waals surface area contributed by atoms with E-state index in [0.29, 0.717) is 5.69 Å². The molecule has 6 rings (SSSR count). The average molecular weight is 456 g/mol. The molecular formula is C28H33N5O. The zero-order valence-electron chi connectivity index (χ0n) is 20.0. The van der Waals surface area contributed by atoms with Crippen LogP contribution in [0.25, 0.3) is 22.4 Å². The molecule has 0 unspecified atom stereocenters. The van der Waals surface area contributed by atoms with Gasteiger partial charge in [0.1, 0.15) is 5.69 Å². The zero-order chi connectivity index (χ0) is 23.1. The Bertz CT molecular complexity index is 1210. The first-order valence-electron chi connectivity index (χ1n) is 12.8. The second-order valence-corrected chi connectivity index (χ2v) is 10.4. The summed E-state index contributed by atoms with van der Waals surface area (Å²) in [4.78, 5) is 19.8. The molecule has 2 aliphatic carbocycles. The average Bonchev–Trinajstić information content (AvgIpc) is 3.21. The Labute approximate surface area is 201 Å². The van der Waals surface area contributed by atoms with Crippen molar-refractivity contribution in [3.63, 3.8) is 0 Å². The summed E-state index contributed by atoms with van der Waals surface area (Å²) >= 11 is 0. The minimum atomic E-state index is -0.165. The first kappa shape index (κ1) is 21.5. The lowest BCUT2D eigenvalue weighted by Gasteiger charge is -2.13. The summed E-state index contributed by atoms with van der Waals surface area (Å²) in [5, 5.41) is 7.38. The fourth-order valence-electron chi connectivity index (χ4n) is 5.63. The van der Waals surface area contributed by atoms with E-state index in [1.165, 1.54) is 56.2 Å². The van der Waals surface area contributed by atoms with E-state index in [1.54, 1.807) is 7.05 Å². The Morgan fingerprint density at radius 1 is 0.971 bits per heavy atom. The number of amides is 1. The SMILES string of the molecule is CNC(=O)c1ccc(-c2cnn(CC3CCCC3)c2)c(-c2ccc3c(c2)CN(CC2CC2)C3)n1. The molecule has 2 saturated carbocycles. The van der Waals surface area contributed by atoms with Gasteiger partial charge < -0.3 is 5.32 Å². The van der Waals surface area contributed by atoms with Crippen LogP contribution in [0, 0.1) is 11.8 Å². The Morgan fingerprint density at radius 2 is 1.76 bits per heavy atom. The van der Waals surface area contributed by atoms with E-state index in [9.17, 15) is 4.79 Å². The van der Waals surface area contributed by atoms with Crippen molar-refractivity contribution in [2.24, 2.45) is 11.8 Å². The van der Waals surface area contributed by atoms with Crippen molar-refractivity contribution in [2.75, 3.05) is 13.6 Å². The van der Waals surface area contributed by atoms with Crippen molar-refractivity contribution in [1.29, 1.82) is 0 Å². The van der Waals surface area contributed by atoms with Crippen LogP contribution in [0.15, 0.2) is 42.7 Å². The molecule has 3 aliphatic rings. The monoisotopic (exact) mass is 455 g/mol. The Morgan fingerprint density at radius 3 is 2.56 bits per heavy atom. The first-order valence-corrected chi connectivity index (χ1v) is 12.8. The molecule has 1 N–H and O–H groups in total. The molecule has 1 aromatic carbocycles. The van der Waals surface area contributed by atoms with Crippen molar-refractivity contribution in [1.82, 2.24) is 25.0 Å². The highest BCUT2D eigenvalue weighted by Gasteiger charge is 2.28. The van der Waals surface area contributed by atoms with Crippen LogP contribution in [0.3, 0.4) is 0 Å². The summed E-state index contributed by atoms with van der Waals surface area (Å²) in [6.45, 7) is 4.23. The molecule has 6 nitrogen and oxygen atoms in total. The van der Waals surface area contributed by atoms with Gasteiger partial charge in [0.15, 0.2) is 0 Å². The van der Waals surface area contributed by atoms with Gasteiger partial charge in [0.25, 0.3) is 5.91 Å². The van der Waals surface area contributed by atoms with Gasteiger partial charge in [-0.3, -0.25) is 14.4 Å². The van der Waals surface area contributed by atoms with Gasteiger partial charge in [-0.25, -0.2) is 4.98 Å². The third-order valence-corrected chi connectivity index (χ3v) is 7.70. The number of rotatable bonds is 7. The van der Waals surface area contributed by atoms with Crippen molar-refractivity contribution in [2.45, 2.75) is 58.2 Å². The minimum Gasteiger partial charge on any atom is -0.354 e. The number of fused-ring (bicyclic) bond motifs is 1. The van der Waals surface area contributed by atoms with Crippen LogP contribution < -0.4 is 5.32 Å². The number of aromatic nitrogens is 3. The second kappa shape index (κ2) is 8.99. The van der Waals surface area contributed by atoms with Gasteiger partial charge in [-0.1, -0.05) is 25.0 Å². The molecular weight excluding hydrogens is 422 g/mol. The van der Waals surface area contributed by atoms with Crippen LogP contribution in [-0.4, -0.2) is 39.2 Å². The van der Waals surface area contributed by atoms with Gasteiger partial charge in [0.05, 0.1) is 11.9 Å². The Kier molecular flexibility index (Phi) is 5.69. The van der Waals surface area contributed by atoms with Crippen LogP contribution in [0.1, 0.15) is 60.1 Å². The maximum Gasteiger partial charge on any atom is 0.269 e. The van der Waals surface area contributed by atoms with Crippen molar-refractivity contribution >= 4 is 5.91 Å². The summed E-state index contributed by atoms with van der Waals surface area (Å²) < 4.78 is 2.08. The third-order valence-electron chi connectivity index (χ3n) is 7.70. The summed E-state index contributed by atoms with van der Waals surface area (Å²) in [5.74, 6) is 1.46. The molecule has 0 spiro atoms. The number of carbonyl (C=O) groups excluding carboxylic acids is 1. The van der Waals surface area contributed by atoms with Crippen LogP contribution in [0.2, 0.25) is 0 Å². The molecule has 0 bridgehead atoms. The van der Waals surface area contributed by atoms with Gasteiger partial charge in [-0.2, -0.15) is 5.10 Å². The topological polar surface area (TPSA) is 63.1 Å². The third kappa shape index (κ3) is 4.39. The van der Waals surface area contributed by atoms with E-state index in [0.717, 1.165) is 53.9 Å². The maximum atomic E-state index is 12.4. The normalized spacial score (nSPS) is 18.4. The summed E-state index contributed by atoms with van der Waals surface area (Å²) in [6.07, 6.45) is 12.1. The van der Waals surface area contributed by atoms with E-state index in [4.69, 9.17) is 4.98 Å². The van der Waals surface area contributed by atoms with Gasteiger partial charge in [0, 0.05) is 56.1 Å². The molecule has 0 radical (unpaired) electrons. The van der Waals surface area contributed by atoms with Gasteiger partial charge in [-0.05, 0) is 66.8 Å². The van der Waals surface area contributed by atoms with E-state index >= 15 is 0 Å². The number of nitrogens with zero attached hydrogens (tertiary/aromatic N) is 4. The standard InChI is InChI=1S/C28H33N5O/c1-29-28(34)26-11-10-25(24-13-30-33(18-24)15-19-4-2-3-5-19)27(31-26)21-8-9-22-16-32(14-20-6-7-20)17-23(22)12-21/h8-13,18-20H,2-7,14-17H2,1H3,(H,29,34). The van der Waals surface area contributed by atoms with E-state index in [-0.39, 0.29) is 5.91 Å². The van der Waals surface area contributed by atoms with Crippen LogP contribution in [-0.2, 0) is 19.6 Å². The number of benzene rings is 1. The second-order valence-electron chi connectivity index (χ2n) is 10.4. The minimum absolute atomic E-state index is 0.165. The molecule has 1 aliphatic heterocycles. The highest BCUT2D eigenvalue weighted by molar-refractivity contribution is 5.94. The number of carbonyl (C=O) groups is 1. The molecule has 6 heteroatoms. The Balaban J connectivity index is 1.33. The molecule has 176 valence electrons. The maximum absolute atomic E-state index is 12.4. The predicted molar refractivity (Wildman–Crippen MR) is 133 cm³/mol. The van der Waals surface area contributed by atoms with Crippen LogP contribution in [0.5, 0.6) is 0 Å². The zero-order valence-corrected chi connectivity index (χ0v) is 20.0. The van der Waals surface area contributed by atoms with Gasteiger partial charge in [0.2, 0.25) is 0 Å². The summed E-state index contributed by atoms with van der Waals surface area (Å²) in [6, 6.07) is 10.5. The highest BCUT2D eigenvalue weighted by atomic mass is 16.1. The van der Waals surface area contributed by atoms with Crippen molar-refractivity contribution in [3.8, 4) is 22.4 Å². The number of hydrogen-bond donors (Lipinski definition) is 1. The number of nitrogens with one attached hydrogen (secondary N) is 1. The fraction of sp³-hybridized carbons (Fsp3) is 0.464. The lowest BCUT2D eigenvalue weighted by Crippen LogP contribution is -2.19. The van der Waals surface area contributed by atoms with Crippen LogP contribution >= 0.6 is 0 Å². The van der Waals surface area contributed by atoms with Gasteiger partial charge >= 0.3 is 0 Å². The summed E-state index contributed by atoms with van der Waals surface area (Å²) in [5.41, 5.74) is 7.24. The van der Waals surface area contributed by atoms with Gasteiger partial charge in [-0.15, -0.1) is 0 Å². The lowest BCUT2D eigenvalue weighted by molar-refractivity contribution is 0.0958. The van der Waals surface area contributed by atoms with Crippen molar-refractivity contribution in [3.05, 3.63) is 59.5 Å². The Hall–Kier alpha value is -2.99. The predicted octanol–water partition coefficient (Wildman–Crippen LogP) is 4.89. The smallest absolute Gasteiger partial charge is 0.269 e. The molecule has 3 aromatic rings. The number of hydrogen-bond acceptors (Lipinski definition) is 4. The molecule has 2 fully saturated rings. The first-order chi connectivity index (χ1) is 16.7. The molecule has 3 heterocycles. The molecule has 0 atom stereocenters. The van der Waals surface area contributed by atoms with E-state index < -0.39 is 0 Å². The molecule has 0 saturated heterocycles. The van der Waals surface area contributed by atoms with E-state index in [2.05, 4.69) is 44.4 Å². The molecule has 34 heavy (non-hydrogen) atoms. The quantitative estimate of drug-likeness (QED) is 0.551. The van der Waals surface area contributed by atoms with E-state index in [1.807, 2.05) is 18.3 Å². The molecule has 2 aromatic heterocycles. The summed E-state index contributed by atoms with van der Waals surface area (Å²) in [7, 11) is 1.65. The largest absolute Gasteiger partial charge is 0.354 e. The molecule has 1 amide bonds.